The lowest BCUT2D eigenvalue weighted by Crippen LogP contribution is -2.52. The van der Waals surface area contributed by atoms with E-state index >= 15 is 0 Å². The number of rotatable bonds is 11. The number of amides is 1. The minimum atomic E-state index is -1.16. The molecule has 0 aliphatic carbocycles. The Morgan fingerprint density at radius 3 is 1.52 bits per heavy atom. The first-order chi connectivity index (χ1) is 15.9. The van der Waals surface area contributed by atoms with Crippen LogP contribution < -0.4 is 10.6 Å². The fourth-order valence-corrected chi connectivity index (χ4v) is 3.87. The Morgan fingerprint density at radius 1 is 0.727 bits per heavy atom. The van der Waals surface area contributed by atoms with Crippen molar-refractivity contribution in [2.75, 3.05) is 6.54 Å². The first kappa shape index (κ1) is 23.7. The summed E-state index contributed by atoms with van der Waals surface area (Å²) in [4.78, 5) is 35.0. The van der Waals surface area contributed by atoms with Gasteiger partial charge in [-0.15, -0.1) is 0 Å². The summed E-state index contributed by atoms with van der Waals surface area (Å²) in [5.74, 6) is -2.78. The number of carbonyl (C=O) groups is 3. The lowest BCUT2D eigenvalue weighted by molar-refractivity contribution is -0.141. The molecule has 3 rings (SSSR count). The van der Waals surface area contributed by atoms with Gasteiger partial charge in [-0.2, -0.15) is 0 Å². The Bertz CT molecular complexity index is 975. The van der Waals surface area contributed by atoms with Gasteiger partial charge in [-0.05, 0) is 23.1 Å². The van der Waals surface area contributed by atoms with Gasteiger partial charge in [0.1, 0.15) is 12.6 Å². The van der Waals surface area contributed by atoms with Crippen LogP contribution >= 0.6 is 0 Å². The molecule has 3 aromatic rings. The van der Waals surface area contributed by atoms with Gasteiger partial charge in [-0.3, -0.25) is 19.7 Å². The topological polar surface area (TPSA) is 116 Å². The van der Waals surface area contributed by atoms with Gasteiger partial charge < -0.3 is 15.5 Å². The Kier molecular flexibility index (Phi) is 7.94. The molecule has 7 nitrogen and oxygen atoms in total. The second kappa shape index (κ2) is 11.1. The summed E-state index contributed by atoms with van der Waals surface area (Å²) in [7, 11) is 0. The maximum absolute atomic E-state index is 12.3. The van der Waals surface area contributed by atoms with E-state index in [9.17, 15) is 19.5 Å². The maximum Gasteiger partial charge on any atom is 0.322 e. The quantitative estimate of drug-likeness (QED) is 0.337. The fourth-order valence-electron chi connectivity index (χ4n) is 3.87. The first-order valence-corrected chi connectivity index (χ1v) is 10.6. The van der Waals surface area contributed by atoms with Crippen LogP contribution in [0.3, 0.4) is 0 Å². The van der Waals surface area contributed by atoms with Gasteiger partial charge in [0.05, 0.1) is 5.54 Å². The molecule has 4 N–H and O–H groups in total. The highest BCUT2D eigenvalue weighted by molar-refractivity contribution is 5.82. The highest BCUT2D eigenvalue weighted by Gasteiger charge is 2.39. The van der Waals surface area contributed by atoms with E-state index in [1.54, 1.807) is 0 Å². The van der Waals surface area contributed by atoms with Gasteiger partial charge in [0, 0.05) is 6.42 Å². The van der Waals surface area contributed by atoms with Crippen LogP contribution in [0.1, 0.15) is 29.5 Å². The average molecular weight is 447 g/mol. The second-order valence-electron chi connectivity index (χ2n) is 7.59. The number of carbonyl (C=O) groups excluding carboxylic acids is 1. The molecule has 0 unspecified atom stereocenters. The van der Waals surface area contributed by atoms with Crippen LogP contribution in [-0.2, 0) is 19.9 Å². The molecule has 0 aliphatic rings. The lowest BCUT2D eigenvalue weighted by Gasteiger charge is -2.39. The Labute approximate surface area is 192 Å². The van der Waals surface area contributed by atoms with Crippen LogP contribution in [0.15, 0.2) is 91.0 Å². The molecule has 0 spiro atoms. The van der Waals surface area contributed by atoms with Crippen molar-refractivity contribution in [3.8, 4) is 0 Å². The number of carboxylic acids is 2. The molecule has 170 valence electrons. The summed E-state index contributed by atoms with van der Waals surface area (Å²) in [5.41, 5.74) is 1.56. The number of nitrogens with one attached hydrogen (secondary N) is 2. The zero-order chi connectivity index (χ0) is 23.7. The first-order valence-electron chi connectivity index (χ1n) is 10.6. The van der Waals surface area contributed by atoms with E-state index in [0.29, 0.717) is 0 Å². The van der Waals surface area contributed by atoms with E-state index in [1.807, 2.05) is 91.0 Å². The molecular formula is C26H26N2O5. The number of hydrogen-bond acceptors (Lipinski definition) is 4. The van der Waals surface area contributed by atoms with E-state index in [1.165, 1.54) is 0 Å². The highest BCUT2D eigenvalue weighted by Crippen LogP contribution is 2.37. The smallest absolute Gasteiger partial charge is 0.322 e. The Balaban J connectivity index is 2.04. The van der Waals surface area contributed by atoms with Crippen LogP contribution in [0.2, 0.25) is 0 Å². The van der Waals surface area contributed by atoms with Crippen molar-refractivity contribution in [3.05, 3.63) is 108 Å². The zero-order valence-corrected chi connectivity index (χ0v) is 18.0. The molecule has 1 amide bonds. The van der Waals surface area contributed by atoms with Gasteiger partial charge in [-0.25, -0.2) is 0 Å². The second-order valence-corrected chi connectivity index (χ2v) is 7.59. The summed E-state index contributed by atoms with van der Waals surface area (Å²) in [6.45, 7) is -0.508. The van der Waals surface area contributed by atoms with E-state index in [2.05, 4.69) is 10.6 Å². The summed E-state index contributed by atoms with van der Waals surface area (Å²) < 4.78 is 0. The van der Waals surface area contributed by atoms with E-state index in [-0.39, 0.29) is 12.8 Å². The van der Waals surface area contributed by atoms with Gasteiger partial charge in [0.25, 0.3) is 0 Å². The van der Waals surface area contributed by atoms with Gasteiger partial charge >= 0.3 is 11.9 Å². The van der Waals surface area contributed by atoms with Crippen molar-refractivity contribution in [3.63, 3.8) is 0 Å². The number of aliphatic carboxylic acids is 2. The van der Waals surface area contributed by atoms with Crippen LogP contribution in [0.5, 0.6) is 0 Å². The van der Waals surface area contributed by atoms with Crippen LogP contribution in [-0.4, -0.2) is 40.6 Å². The lowest BCUT2D eigenvalue weighted by atomic mass is 9.76. The molecule has 1 atom stereocenters. The molecule has 0 saturated heterocycles. The molecule has 0 aromatic heterocycles. The van der Waals surface area contributed by atoms with E-state index in [4.69, 9.17) is 5.11 Å². The molecule has 33 heavy (non-hydrogen) atoms. The molecule has 0 heterocycles. The third-order valence-corrected chi connectivity index (χ3v) is 5.41. The molecule has 0 radical (unpaired) electrons. The van der Waals surface area contributed by atoms with Crippen molar-refractivity contribution in [2.45, 2.75) is 24.4 Å². The monoisotopic (exact) mass is 446 g/mol. The van der Waals surface area contributed by atoms with Crippen molar-refractivity contribution < 1.29 is 24.6 Å². The zero-order valence-electron chi connectivity index (χ0n) is 18.0. The number of benzene rings is 3. The normalized spacial score (nSPS) is 12.0. The molecule has 0 saturated carbocycles. The van der Waals surface area contributed by atoms with Crippen molar-refractivity contribution in [1.29, 1.82) is 0 Å². The fraction of sp³-hybridized carbons (Fsp3) is 0.192. The number of hydrogen-bond donors (Lipinski definition) is 4. The average Bonchev–Trinajstić information content (AvgIpc) is 2.84. The third-order valence-electron chi connectivity index (χ3n) is 5.41. The largest absolute Gasteiger partial charge is 0.480 e. The molecule has 7 heteroatoms. The van der Waals surface area contributed by atoms with Crippen molar-refractivity contribution >= 4 is 17.8 Å². The predicted octanol–water partition coefficient (Wildman–Crippen LogP) is 3.00. The van der Waals surface area contributed by atoms with Crippen LogP contribution in [0.4, 0.5) is 0 Å². The summed E-state index contributed by atoms with van der Waals surface area (Å²) in [6.07, 6.45) is -0.152. The van der Waals surface area contributed by atoms with Crippen molar-refractivity contribution in [2.24, 2.45) is 0 Å². The van der Waals surface area contributed by atoms with Crippen LogP contribution in [0.25, 0.3) is 0 Å². The number of carboxylic acid groups (broad SMARTS) is 2. The summed E-state index contributed by atoms with van der Waals surface area (Å²) in [5, 5.41) is 24.4. The standard InChI is InChI=1S/C26H26N2O5/c29-23(27-18-24(30)31)17-16-22(25(32)33)28-26(19-10-4-1-5-11-19,20-12-6-2-7-13-20)21-14-8-3-9-15-21/h1-15,22,28H,16-18H2,(H,27,29)(H,30,31)(H,32,33)/t22-/m0/s1. The molecule has 0 bridgehead atoms. The van der Waals surface area contributed by atoms with E-state index < -0.39 is 36.0 Å². The molecular weight excluding hydrogens is 420 g/mol. The Hall–Kier alpha value is -3.97. The summed E-state index contributed by atoms with van der Waals surface area (Å²) >= 11 is 0. The van der Waals surface area contributed by atoms with Crippen molar-refractivity contribution in [1.82, 2.24) is 10.6 Å². The third kappa shape index (κ3) is 5.84. The van der Waals surface area contributed by atoms with Crippen LogP contribution in [0, 0.1) is 0 Å². The molecule has 0 fully saturated rings. The summed E-state index contributed by atoms with van der Waals surface area (Å²) in [6, 6.07) is 27.6. The highest BCUT2D eigenvalue weighted by atomic mass is 16.4. The van der Waals surface area contributed by atoms with E-state index in [0.717, 1.165) is 16.7 Å². The van der Waals surface area contributed by atoms with Gasteiger partial charge in [-0.1, -0.05) is 91.0 Å². The van der Waals surface area contributed by atoms with Gasteiger partial charge in [0.2, 0.25) is 5.91 Å². The minimum Gasteiger partial charge on any atom is -0.480 e. The molecule has 0 aliphatic heterocycles. The molecule has 3 aromatic carbocycles. The SMILES string of the molecule is O=C(O)CNC(=O)CC[C@H](NC(c1ccccc1)(c1ccccc1)c1ccccc1)C(=O)O. The maximum atomic E-state index is 12.3. The van der Waals surface area contributed by atoms with Gasteiger partial charge in [0.15, 0.2) is 0 Å². The minimum absolute atomic E-state index is 0.0188. The Morgan fingerprint density at radius 2 is 1.15 bits per heavy atom. The predicted molar refractivity (Wildman–Crippen MR) is 124 cm³/mol.